The number of nitrogens with zero attached hydrogens (tertiary/aromatic N) is 2. The van der Waals surface area contributed by atoms with E-state index in [1.165, 1.54) is 6.08 Å². The van der Waals surface area contributed by atoms with E-state index >= 15 is 0 Å². The number of nitrogens with one attached hydrogen (secondary N) is 2. The lowest BCUT2D eigenvalue weighted by Gasteiger charge is -2.23. The van der Waals surface area contributed by atoms with E-state index in [0.717, 1.165) is 36.4 Å². The third-order valence-electron chi connectivity index (χ3n) is 6.51. The standard InChI is InChI=1S/C30H37FN4O2/c1-6-9-27(26-16-25(36)12-11-21(26)5)34-30(37)19-32-17-24-18-33-29-14-20(4)10-13-28(35(24)29)22(7-2)15-23(31)8-3/h6-9,11-12,15-16,18,20,28,32,36H,2,5,10,13-14,17,19H2,1,3-4H3,(H,34,37)/b9-6?,22-15+,23-8+,27-26+. The number of imidazole rings is 1. The van der Waals surface area contributed by atoms with Gasteiger partial charge in [0.05, 0.1) is 18.3 Å². The molecule has 7 heteroatoms. The Labute approximate surface area is 218 Å². The van der Waals surface area contributed by atoms with Gasteiger partial charge in [0.25, 0.3) is 0 Å². The molecule has 196 valence electrons. The smallest absolute Gasteiger partial charge is 0.238 e. The molecule has 2 aromatic rings. The van der Waals surface area contributed by atoms with E-state index in [9.17, 15) is 14.3 Å². The highest BCUT2D eigenvalue weighted by Crippen LogP contribution is 2.34. The summed E-state index contributed by atoms with van der Waals surface area (Å²) in [5.41, 5.74) is 2.30. The zero-order chi connectivity index (χ0) is 26.9. The fourth-order valence-electron chi connectivity index (χ4n) is 4.61. The highest BCUT2D eigenvalue weighted by molar-refractivity contribution is 5.86. The van der Waals surface area contributed by atoms with Crippen molar-refractivity contribution in [3.63, 3.8) is 0 Å². The van der Waals surface area contributed by atoms with Gasteiger partial charge in [0.2, 0.25) is 5.91 Å². The van der Waals surface area contributed by atoms with Gasteiger partial charge < -0.3 is 20.3 Å². The summed E-state index contributed by atoms with van der Waals surface area (Å²) in [6, 6.07) is 4.77. The molecule has 2 unspecified atom stereocenters. The van der Waals surface area contributed by atoms with Crippen molar-refractivity contribution >= 4 is 18.2 Å². The summed E-state index contributed by atoms with van der Waals surface area (Å²) >= 11 is 0. The van der Waals surface area contributed by atoms with Gasteiger partial charge in [-0.2, -0.15) is 0 Å². The van der Waals surface area contributed by atoms with Crippen LogP contribution in [0.1, 0.15) is 51.2 Å². The minimum absolute atomic E-state index is 0.0747. The molecule has 3 rings (SSSR count). The van der Waals surface area contributed by atoms with E-state index in [1.54, 1.807) is 43.4 Å². The molecule has 2 heterocycles. The van der Waals surface area contributed by atoms with Crippen LogP contribution in [0, 0.1) is 5.92 Å². The number of hydrogen-bond acceptors (Lipinski definition) is 4. The lowest BCUT2D eigenvalue weighted by atomic mass is 9.96. The first kappa shape index (κ1) is 27.9. The van der Waals surface area contributed by atoms with E-state index in [4.69, 9.17) is 0 Å². The van der Waals surface area contributed by atoms with Gasteiger partial charge in [-0.25, -0.2) is 9.37 Å². The number of phenols is 1. The molecule has 3 N–H and O–H groups in total. The van der Waals surface area contributed by atoms with E-state index < -0.39 is 0 Å². The first-order chi connectivity index (χ1) is 17.8. The van der Waals surface area contributed by atoms with Crippen LogP contribution >= 0.6 is 0 Å². The number of allylic oxidation sites excluding steroid dienone is 6. The Morgan fingerprint density at radius 2 is 2.11 bits per heavy atom. The molecule has 0 aliphatic carbocycles. The number of benzene rings is 1. The fourth-order valence-corrected chi connectivity index (χ4v) is 4.61. The molecule has 6 nitrogen and oxygen atoms in total. The fraction of sp³-hybridized carbons (Fsp3) is 0.333. The average molecular weight is 505 g/mol. The second-order valence-corrected chi connectivity index (χ2v) is 9.37. The van der Waals surface area contributed by atoms with Gasteiger partial charge in [-0.3, -0.25) is 4.79 Å². The van der Waals surface area contributed by atoms with Gasteiger partial charge in [0, 0.05) is 30.1 Å². The number of aromatic hydroxyl groups is 1. The Balaban J connectivity index is 1.79. The molecule has 0 spiro atoms. The first-order valence-corrected chi connectivity index (χ1v) is 12.6. The molecule has 1 aromatic heterocycles. The molecular weight excluding hydrogens is 467 g/mol. The maximum atomic E-state index is 14.2. The number of amides is 1. The number of rotatable bonds is 9. The molecule has 1 aromatic carbocycles. The number of aromatic nitrogens is 2. The highest BCUT2D eigenvalue weighted by atomic mass is 19.1. The zero-order valence-electron chi connectivity index (χ0n) is 21.9. The molecule has 0 saturated carbocycles. The molecule has 0 bridgehead atoms. The number of carbonyl (C=O) groups is 1. The summed E-state index contributed by atoms with van der Waals surface area (Å²) in [6.07, 6.45) is 12.8. The Morgan fingerprint density at radius 3 is 2.81 bits per heavy atom. The van der Waals surface area contributed by atoms with Crippen LogP contribution in [0.2, 0.25) is 0 Å². The average Bonchev–Trinajstić information content (AvgIpc) is 3.17. The molecule has 1 amide bonds. The van der Waals surface area contributed by atoms with Crippen LogP contribution < -0.4 is 21.1 Å². The molecule has 0 fully saturated rings. The summed E-state index contributed by atoms with van der Waals surface area (Å²) in [6.45, 7) is 14.2. The van der Waals surface area contributed by atoms with E-state index in [0.29, 0.717) is 28.6 Å². The van der Waals surface area contributed by atoms with Crippen molar-refractivity contribution < 1.29 is 14.3 Å². The van der Waals surface area contributed by atoms with Gasteiger partial charge in [-0.05, 0) is 67.7 Å². The summed E-state index contributed by atoms with van der Waals surface area (Å²) < 4.78 is 16.3. The number of carbonyl (C=O) groups excluding carboxylic acids is 1. The van der Waals surface area contributed by atoms with Crippen molar-refractivity contribution in [2.75, 3.05) is 6.54 Å². The van der Waals surface area contributed by atoms with Crippen LogP contribution in [-0.4, -0.2) is 27.1 Å². The summed E-state index contributed by atoms with van der Waals surface area (Å²) in [5, 5.41) is 17.4. The highest BCUT2D eigenvalue weighted by Gasteiger charge is 2.26. The van der Waals surface area contributed by atoms with Gasteiger partial charge in [-0.15, -0.1) is 0 Å². The quantitative estimate of drug-likeness (QED) is 0.450. The van der Waals surface area contributed by atoms with Gasteiger partial charge in [0.15, 0.2) is 0 Å². The molecule has 0 saturated heterocycles. The molecule has 1 aliphatic heterocycles. The molecular formula is C30H37FN4O2. The van der Waals surface area contributed by atoms with Crippen LogP contribution in [0.3, 0.4) is 0 Å². The maximum absolute atomic E-state index is 14.2. The Morgan fingerprint density at radius 1 is 1.32 bits per heavy atom. The third kappa shape index (κ3) is 7.17. The Hall–Kier alpha value is -3.71. The van der Waals surface area contributed by atoms with E-state index in [-0.39, 0.29) is 30.1 Å². The Bertz CT molecular complexity index is 1340. The van der Waals surface area contributed by atoms with E-state index in [1.807, 2.05) is 19.2 Å². The topological polar surface area (TPSA) is 79.2 Å². The normalized spacial score (nSPS) is 19.4. The van der Waals surface area contributed by atoms with Crippen LogP contribution in [0.25, 0.3) is 12.3 Å². The summed E-state index contributed by atoms with van der Waals surface area (Å²) in [5.74, 6) is 1.00. The lowest BCUT2D eigenvalue weighted by molar-refractivity contribution is -0.119. The van der Waals surface area contributed by atoms with Crippen molar-refractivity contribution in [2.45, 2.75) is 52.6 Å². The SMILES string of the molecule is C=C/C(=C\C(F)=C/C)C1CCC(C)Cc2ncc(CNCC(=O)N/C(C=CC)=c3\cc(O)ccc3=C)n21. The largest absolute Gasteiger partial charge is 0.508 e. The minimum atomic E-state index is -0.296. The second kappa shape index (κ2) is 13.0. The summed E-state index contributed by atoms with van der Waals surface area (Å²) in [7, 11) is 0. The van der Waals surface area contributed by atoms with Crippen molar-refractivity contribution in [1.82, 2.24) is 20.2 Å². The predicted octanol–water partition coefficient (Wildman–Crippen LogP) is 4.09. The van der Waals surface area contributed by atoms with Crippen LogP contribution in [0.5, 0.6) is 5.75 Å². The molecule has 2 atom stereocenters. The Kier molecular flexibility index (Phi) is 9.80. The number of halogens is 1. The third-order valence-corrected chi connectivity index (χ3v) is 6.51. The molecule has 37 heavy (non-hydrogen) atoms. The van der Waals surface area contributed by atoms with Crippen molar-refractivity contribution in [3.05, 3.63) is 94.7 Å². The lowest BCUT2D eigenvalue weighted by Crippen LogP contribution is -2.37. The van der Waals surface area contributed by atoms with Crippen LogP contribution in [0.4, 0.5) is 4.39 Å². The van der Waals surface area contributed by atoms with E-state index in [2.05, 4.69) is 40.3 Å². The summed E-state index contributed by atoms with van der Waals surface area (Å²) in [4.78, 5) is 17.5. The van der Waals surface area contributed by atoms with Crippen LogP contribution in [-0.2, 0) is 17.8 Å². The van der Waals surface area contributed by atoms with Crippen molar-refractivity contribution in [2.24, 2.45) is 5.92 Å². The van der Waals surface area contributed by atoms with Crippen molar-refractivity contribution in [1.29, 1.82) is 0 Å². The van der Waals surface area contributed by atoms with Gasteiger partial charge in [0.1, 0.15) is 17.4 Å². The van der Waals surface area contributed by atoms with Crippen LogP contribution in [0.15, 0.2) is 72.8 Å². The van der Waals surface area contributed by atoms with Gasteiger partial charge in [-0.1, -0.05) is 44.4 Å². The number of phenolic OH excluding ortho intramolecular Hbond substituents is 1. The monoisotopic (exact) mass is 504 g/mol. The number of hydrogen-bond donors (Lipinski definition) is 3. The minimum Gasteiger partial charge on any atom is -0.508 e. The number of fused-ring (bicyclic) bond motifs is 1. The first-order valence-electron chi connectivity index (χ1n) is 12.6. The predicted molar refractivity (Wildman–Crippen MR) is 147 cm³/mol. The second-order valence-electron chi connectivity index (χ2n) is 9.37. The molecule has 0 radical (unpaired) electrons. The maximum Gasteiger partial charge on any atom is 0.238 e. The van der Waals surface area contributed by atoms with Gasteiger partial charge >= 0.3 is 0 Å². The van der Waals surface area contributed by atoms with Crippen molar-refractivity contribution in [3.8, 4) is 5.75 Å². The zero-order valence-corrected chi connectivity index (χ0v) is 21.9. The molecule has 1 aliphatic rings.